The maximum absolute atomic E-state index is 12.6. The number of methoxy groups -OCH3 is 1. The summed E-state index contributed by atoms with van der Waals surface area (Å²) in [5.41, 5.74) is 0.598. The number of carbonyl (C=O) groups is 2. The van der Waals surface area contributed by atoms with Gasteiger partial charge in [0.15, 0.2) is 0 Å². The second-order valence-electron chi connectivity index (χ2n) is 6.13. The Bertz CT molecular complexity index is 758. The molecule has 0 saturated heterocycles. The minimum atomic E-state index is -0.518. The van der Waals surface area contributed by atoms with E-state index < -0.39 is 5.97 Å². The van der Waals surface area contributed by atoms with Crippen molar-refractivity contribution in [3.63, 3.8) is 0 Å². The predicted molar refractivity (Wildman–Crippen MR) is 94.0 cm³/mol. The van der Waals surface area contributed by atoms with Gasteiger partial charge in [-0.2, -0.15) is 0 Å². The number of benzene rings is 1. The van der Waals surface area contributed by atoms with Crippen LogP contribution in [0.3, 0.4) is 0 Å². The summed E-state index contributed by atoms with van der Waals surface area (Å²) in [5, 5.41) is 3.01. The fourth-order valence-corrected chi connectivity index (χ4v) is 3.05. The van der Waals surface area contributed by atoms with Gasteiger partial charge in [0.1, 0.15) is 6.10 Å². The van der Waals surface area contributed by atoms with Crippen molar-refractivity contribution >= 4 is 11.9 Å². The lowest BCUT2D eigenvalue weighted by atomic mass is 9.92. The summed E-state index contributed by atoms with van der Waals surface area (Å²) in [6.07, 6.45) is 6.55. The van der Waals surface area contributed by atoms with Crippen LogP contribution < -0.4 is 10.1 Å². The molecule has 1 heterocycles. The van der Waals surface area contributed by atoms with Crippen LogP contribution in [-0.2, 0) is 4.74 Å². The fraction of sp³-hybridized carbons (Fsp3) is 0.368. The summed E-state index contributed by atoms with van der Waals surface area (Å²) in [4.78, 5) is 32.5. The van der Waals surface area contributed by atoms with Gasteiger partial charge in [-0.15, -0.1) is 0 Å². The third-order valence-electron chi connectivity index (χ3n) is 4.40. The van der Waals surface area contributed by atoms with Crippen molar-refractivity contribution in [1.29, 1.82) is 0 Å². The molecule has 1 aromatic heterocycles. The van der Waals surface area contributed by atoms with Gasteiger partial charge in [0.25, 0.3) is 5.91 Å². The average Bonchev–Trinajstić information content (AvgIpc) is 2.69. The standard InChI is InChI=1S/C19H21N3O4/c1-25-18(24)16-6-3-2-5-15(16)17(23)22-13-7-9-14(10-8-13)26-19-20-11-4-12-21-19/h2-6,11-14H,7-10H2,1H3,(H,22,23). The van der Waals surface area contributed by atoms with E-state index in [1.165, 1.54) is 7.11 Å². The molecule has 2 aromatic rings. The number of ether oxygens (including phenoxy) is 2. The quantitative estimate of drug-likeness (QED) is 0.828. The molecule has 7 nitrogen and oxygen atoms in total. The van der Waals surface area contributed by atoms with Crippen LogP contribution in [0.5, 0.6) is 6.01 Å². The molecule has 1 amide bonds. The Morgan fingerprint density at radius 3 is 2.31 bits per heavy atom. The Labute approximate surface area is 151 Å². The molecule has 3 rings (SSSR count). The number of nitrogens with one attached hydrogen (secondary N) is 1. The van der Waals surface area contributed by atoms with E-state index in [4.69, 9.17) is 9.47 Å². The van der Waals surface area contributed by atoms with E-state index in [9.17, 15) is 9.59 Å². The number of esters is 1. The van der Waals surface area contributed by atoms with Gasteiger partial charge in [0, 0.05) is 18.4 Å². The van der Waals surface area contributed by atoms with Gasteiger partial charge in [-0.1, -0.05) is 12.1 Å². The molecule has 0 aliphatic heterocycles. The van der Waals surface area contributed by atoms with Crippen molar-refractivity contribution in [2.24, 2.45) is 0 Å². The first kappa shape index (κ1) is 17.8. The van der Waals surface area contributed by atoms with Crippen LogP contribution >= 0.6 is 0 Å². The second kappa shape index (κ2) is 8.42. The van der Waals surface area contributed by atoms with Crippen LogP contribution in [0.15, 0.2) is 42.7 Å². The zero-order chi connectivity index (χ0) is 18.4. The Balaban J connectivity index is 1.55. The molecule has 136 valence electrons. The molecule has 1 aliphatic carbocycles. The van der Waals surface area contributed by atoms with Crippen LogP contribution in [0.25, 0.3) is 0 Å². The van der Waals surface area contributed by atoms with Gasteiger partial charge in [-0.05, 0) is 43.9 Å². The largest absolute Gasteiger partial charge is 0.465 e. The lowest BCUT2D eigenvalue weighted by Gasteiger charge is -2.29. The number of carbonyl (C=O) groups excluding carboxylic acids is 2. The van der Waals surface area contributed by atoms with E-state index in [1.807, 2.05) is 0 Å². The Morgan fingerprint density at radius 2 is 1.65 bits per heavy atom. The minimum absolute atomic E-state index is 0.0461. The molecule has 1 aliphatic rings. The molecule has 1 saturated carbocycles. The molecular weight excluding hydrogens is 334 g/mol. The highest BCUT2D eigenvalue weighted by molar-refractivity contribution is 6.05. The van der Waals surface area contributed by atoms with E-state index in [2.05, 4.69) is 15.3 Å². The SMILES string of the molecule is COC(=O)c1ccccc1C(=O)NC1CCC(Oc2ncccn2)CC1. The number of nitrogens with zero attached hydrogens (tertiary/aromatic N) is 2. The second-order valence-corrected chi connectivity index (χ2v) is 6.13. The van der Waals surface area contributed by atoms with Gasteiger partial charge in [0.05, 0.1) is 18.2 Å². The van der Waals surface area contributed by atoms with E-state index in [0.717, 1.165) is 25.7 Å². The summed E-state index contributed by atoms with van der Waals surface area (Å²) < 4.78 is 10.5. The highest BCUT2D eigenvalue weighted by Gasteiger charge is 2.26. The van der Waals surface area contributed by atoms with Crippen molar-refractivity contribution in [2.45, 2.75) is 37.8 Å². The molecule has 1 N–H and O–H groups in total. The molecule has 0 bridgehead atoms. The van der Waals surface area contributed by atoms with Gasteiger partial charge in [-0.3, -0.25) is 4.79 Å². The summed E-state index contributed by atoms with van der Waals surface area (Å²) in [6.45, 7) is 0. The van der Waals surface area contributed by atoms with Gasteiger partial charge in [0.2, 0.25) is 0 Å². The molecular formula is C19H21N3O4. The zero-order valence-corrected chi connectivity index (χ0v) is 14.6. The third kappa shape index (κ3) is 4.36. The predicted octanol–water partition coefficient (Wildman–Crippen LogP) is 2.38. The smallest absolute Gasteiger partial charge is 0.338 e. The summed E-state index contributed by atoms with van der Waals surface area (Å²) in [5.74, 6) is -0.780. The highest BCUT2D eigenvalue weighted by atomic mass is 16.5. The molecule has 1 aromatic carbocycles. The van der Waals surface area contributed by atoms with Crippen molar-refractivity contribution in [1.82, 2.24) is 15.3 Å². The van der Waals surface area contributed by atoms with Crippen molar-refractivity contribution < 1.29 is 19.1 Å². The Kier molecular flexibility index (Phi) is 5.78. The summed E-state index contributed by atoms with van der Waals surface area (Å²) in [7, 11) is 1.30. The molecule has 0 radical (unpaired) electrons. The maximum Gasteiger partial charge on any atom is 0.338 e. The van der Waals surface area contributed by atoms with E-state index in [-0.39, 0.29) is 23.6 Å². The Morgan fingerprint density at radius 1 is 1.00 bits per heavy atom. The fourth-order valence-electron chi connectivity index (χ4n) is 3.05. The third-order valence-corrected chi connectivity index (χ3v) is 4.40. The summed E-state index contributed by atoms with van der Waals surface area (Å²) >= 11 is 0. The molecule has 0 atom stereocenters. The first-order chi connectivity index (χ1) is 12.7. The monoisotopic (exact) mass is 355 g/mol. The van der Waals surface area contributed by atoms with E-state index in [0.29, 0.717) is 11.6 Å². The maximum atomic E-state index is 12.6. The molecule has 26 heavy (non-hydrogen) atoms. The number of aromatic nitrogens is 2. The molecule has 1 fully saturated rings. The van der Waals surface area contributed by atoms with Gasteiger partial charge in [-0.25, -0.2) is 14.8 Å². The Hall–Kier alpha value is -2.96. The van der Waals surface area contributed by atoms with Crippen LogP contribution in [0, 0.1) is 0 Å². The van der Waals surface area contributed by atoms with Gasteiger partial charge < -0.3 is 14.8 Å². The number of hydrogen-bond acceptors (Lipinski definition) is 6. The highest BCUT2D eigenvalue weighted by Crippen LogP contribution is 2.22. The topological polar surface area (TPSA) is 90.4 Å². The van der Waals surface area contributed by atoms with Crippen molar-refractivity contribution in [3.8, 4) is 6.01 Å². The zero-order valence-electron chi connectivity index (χ0n) is 14.6. The van der Waals surface area contributed by atoms with E-state index in [1.54, 1.807) is 42.7 Å². The normalized spacial score (nSPS) is 19.4. The first-order valence-corrected chi connectivity index (χ1v) is 8.59. The lowest BCUT2D eigenvalue weighted by molar-refractivity contribution is 0.0595. The van der Waals surface area contributed by atoms with Crippen LogP contribution in [0.2, 0.25) is 0 Å². The lowest BCUT2D eigenvalue weighted by Crippen LogP contribution is -2.40. The van der Waals surface area contributed by atoms with Gasteiger partial charge >= 0.3 is 12.0 Å². The number of rotatable bonds is 5. The summed E-state index contributed by atoms with van der Waals surface area (Å²) in [6, 6.07) is 8.82. The average molecular weight is 355 g/mol. The molecule has 7 heteroatoms. The van der Waals surface area contributed by atoms with Crippen LogP contribution in [0.4, 0.5) is 0 Å². The van der Waals surface area contributed by atoms with Crippen LogP contribution in [0.1, 0.15) is 46.4 Å². The number of amides is 1. The number of hydrogen-bond donors (Lipinski definition) is 1. The molecule has 0 spiro atoms. The first-order valence-electron chi connectivity index (χ1n) is 8.59. The van der Waals surface area contributed by atoms with E-state index >= 15 is 0 Å². The van der Waals surface area contributed by atoms with Crippen LogP contribution in [-0.4, -0.2) is 41.1 Å². The van der Waals surface area contributed by atoms with Crippen molar-refractivity contribution in [2.75, 3.05) is 7.11 Å². The minimum Gasteiger partial charge on any atom is -0.465 e. The van der Waals surface area contributed by atoms with Crippen molar-refractivity contribution in [3.05, 3.63) is 53.9 Å². The molecule has 0 unspecified atom stereocenters.